The molecule has 5 rings (SSSR count). The van der Waals surface area contributed by atoms with E-state index in [1.165, 1.54) is 108 Å². The third-order valence-corrected chi connectivity index (χ3v) is 12.2. The summed E-state index contributed by atoms with van der Waals surface area (Å²) in [5.41, 5.74) is 5.89. The van der Waals surface area contributed by atoms with E-state index in [1.54, 1.807) is 10.5 Å². The number of thiophene rings is 1. The molecule has 0 bridgehead atoms. The predicted octanol–water partition coefficient (Wildman–Crippen LogP) is 12.4. The minimum Gasteiger partial charge on any atom is -0.138 e. The van der Waals surface area contributed by atoms with Gasteiger partial charge in [-0.05, 0) is 73.4 Å². The Labute approximate surface area is 249 Å². The Bertz CT molecular complexity index is 1230. The first kappa shape index (κ1) is 28.8. The van der Waals surface area contributed by atoms with Crippen molar-refractivity contribution < 1.29 is 0 Å². The van der Waals surface area contributed by atoms with Gasteiger partial charge in [-0.1, -0.05) is 113 Å². The Balaban J connectivity index is 1.11. The molecule has 2 aromatic rings. The maximum Gasteiger partial charge on any atom is 0.0607 e. The molecule has 0 N–H and O–H groups in total. The standard InChI is InChI=1S/C36H44S3/c1-3-5-7-9-11-27-13-17-29(18-14-27)21-23-31-25-33-35(37-31)36-34(39-33)26-32(38-36)24-22-30-19-15-28(16-20-30)12-10-8-6-4-2/h13-15,17-19,21-26,33,35H,3-12,16,20H2,1-2H3/b23-21+,24-22+. The maximum atomic E-state index is 2.49. The zero-order valence-electron chi connectivity index (χ0n) is 23.8. The van der Waals surface area contributed by atoms with E-state index in [9.17, 15) is 0 Å². The van der Waals surface area contributed by atoms with Crippen LogP contribution in [0.5, 0.6) is 0 Å². The van der Waals surface area contributed by atoms with Gasteiger partial charge in [0.1, 0.15) is 0 Å². The molecule has 2 aliphatic heterocycles. The molecule has 0 saturated heterocycles. The Morgan fingerprint density at radius 2 is 1.56 bits per heavy atom. The fourth-order valence-electron chi connectivity index (χ4n) is 5.56. The topological polar surface area (TPSA) is 0 Å². The molecule has 3 heteroatoms. The summed E-state index contributed by atoms with van der Waals surface area (Å²) in [6, 6.07) is 11.6. The number of hydrogen-bond donors (Lipinski definition) is 0. The van der Waals surface area contributed by atoms with Gasteiger partial charge >= 0.3 is 0 Å². The number of aryl methyl sites for hydroxylation is 1. The van der Waals surface area contributed by atoms with Gasteiger partial charge in [0, 0.05) is 24.8 Å². The van der Waals surface area contributed by atoms with Gasteiger partial charge in [-0.15, -0.1) is 34.9 Å². The molecular formula is C36H44S3. The Morgan fingerprint density at radius 1 is 0.769 bits per heavy atom. The van der Waals surface area contributed by atoms with Gasteiger partial charge in [0.25, 0.3) is 0 Å². The van der Waals surface area contributed by atoms with Gasteiger partial charge in [-0.3, -0.25) is 0 Å². The van der Waals surface area contributed by atoms with Gasteiger partial charge in [-0.25, -0.2) is 0 Å². The van der Waals surface area contributed by atoms with Crippen LogP contribution in [-0.4, -0.2) is 5.25 Å². The first-order valence-corrected chi connectivity index (χ1v) is 17.8. The van der Waals surface area contributed by atoms with Crippen molar-refractivity contribution in [3.63, 3.8) is 0 Å². The molecular weight excluding hydrogens is 529 g/mol. The molecule has 1 aromatic carbocycles. The lowest BCUT2D eigenvalue weighted by atomic mass is 9.94. The molecule has 39 heavy (non-hydrogen) atoms. The van der Waals surface area contributed by atoms with Crippen LogP contribution in [-0.2, 0) is 6.42 Å². The smallest absolute Gasteiger partial charge is 0.0607 e. The lowest BCUT2D eigenvalue weighted by Crippen LogP contribution is -1.95. The highest BCUT2D eigenvalue weighted by molar-refractivity contribution is 8.07. The van der Waals surface area contributed by atoms with E-state index in [0.717, 1.165) is 0 Å². The van der Waals surface area contributed by atoms with Crippen LogP contribution in [0.4, 0.5) is 0 Å². The zero-order chi connectivity index (χ0) is 26.9. The molecule has 1 aliphatic carbocycles. The SMILES string of the molecule is CCCCCCC1=CC=C(/C=C/c2cc3c(s2)C2SC(/C=C/c4ccc(CCCCCC)cc4)=CC2S3)CC1. The average Bonchev–Trinajstić information content (AvgIpc) is 3.63. The molecule has 2 atom stereocenters. The van der Waals surface area contributed by atoms with Crippen molar-refractivity contribution in [3.05, 3.63) is 97.6 Å². The van der Waals surface area contributed by atoms with Crippen molar-refractivity contribution >= 4 is 47.0 Å². The highest BCUT2D eigenvalue weighted by atomic mass is 32.2. The van der Waals surface area contributed by atoms with E-state index >= 15 is 0 Å². The second kappa shape index (κ2) is 14.8. The van der Waals surface area contributed by atoms with Crippen molar-refractivity contribution in [2.75, 3.05) is 0 Å². The molecule has 2 unspecified atom stereocenters. The number of thioether (sulfide) groups is 2. The Hall–Kier alpha value is -1.68. The maximum absolute atomic E-state index is 2.49. The summed E-state index contributed by atoms with van der Waals surface area (Å²) in [5.74, 6) is 0. The van der Waals surface area contributed by atoms with Crippen LogP contribution >= 0.6 is 34.9 Å². The van der Waals surface area contributed by atoms with Gasteiger partial charge in [0.05, 0.1) is 5.25 Å². The molecule has 0 amide bonds. The van der Waals surface area contributed by atoms with Crippen molar-refractivity contribution in [1.29, 1.82) is 0 Å². The van der Waals surface area contributed by atoms with Gasteiger partial charge in [-0.2, -0.15) is 0 Å². The second-order valence-electron chi connectivity index (χ2n) is 11.2. The van der Waals surface area contributed by atoms with E-state index in [2.05, 4.69) is 110 Å². The predicted molar refractivity (Wildman–Crippen MR) is 179 cm³/mol. The van der Waals surface area contributed by atoms with E-state index in [0.29, 0.717) is 10.5 Å². The quantitative estimate of drug-likeness (QED) is 0.206. The lowest BCUT2D eigenvalue weighted by molar-refractivity contribution is 0.652. The number of benzene rings is 1. The zero-order valence-corrected chi connectivity index (χ0v) is 26.2. The van der Waals surface area contributed by atoms with Crippen LogP contribution in [0.3, 0.4) is 0 Å². The van der Waals surface area contributed by atoms with Gasteiger partial charge in [0.15, 0.2) is 0 Å². The third-order valence-electron chi connectivity index (χ3n) is 7.98. The summed E-state index contributed by atoms with van der Waals surface area (Å²) in [5, 5.41) is 1.16. The second-order valence-corrected chi connectivity index (χ2v) is 14.7. The van der Waals surface area contributed by atoms with Crippen LogP contribution in [0, 0.1) is 0 Å². The summed E-state index contributed by atoms with van der Waals surface area (Å²) in [6.45, 7) is 4.56. The largest absolute Gasteiger partial charge is 0.138 e. The molecule has 1 aromatic heterocycles. The molecule has 206 valence electrons. The van der Waals surface area contributed by atoms with Crippen molar-refractivity contribution in [2.45, 2.75) is 106 Å². The van der Waals surface area contributed by atoms with Crippen molar-refractivity contribution in [2.24, 2.45) is 0 Å². The van der Waals surface area contributed by atoms with E-state index in [4.69, 9.17) is 0 Å². The molecule has 0 fully saturated rings. The summed E-state index contributed by atoms with van der Waals surface area (Å²) >= 11 is 6.11. The highest BCUT2D eigenvalue weighted by Gasteiger charge is 2.38. The average molecular weight is 573 g/mol. The first-order chi connectivity index (χ1) is 19.2. The van der Waals surface area contributed by atoms with Crippen LogP contribution in [0.15, 0.2) is 81.7 Å². The molecule has 0 saturated carbocycles. The summed E-state index contributed by atoms with van der Waals surface area (Å²) in [4.78, 5) is 5.90. The van der Waals surface area contributed by atoms with Crippen molar-refractivity contribution in [3.8, 4) is 0 Å². The van der Waals surface area contributed by atoms with Crippen LogP contribution < -0.4 is 0 Å². The number of unbranched alkanes of at least 4 members (excludes halogenated alkanes) is 6. The molecule has 0 radical (unpaired) electrons. The van der Waals surface area contributed by atoms with Gasteiger partial charge in [0.2, 0.25) is 0 Å². The number of fused-ring (bicyclic) bond motifs is 3. The number of rotatable bonds is 14. The monoisotopic (exact) mass is 572 g/mol. The molecule has 0 spiro atoms. The third kappa shape index (κ3) is 8.18. The molecule has 3 heterocycles. The fraction of sp³-hybridized carbons (Fsp3) is 0.444. The normalized spacial score (nSPS) is 20.4. The number of hydrogen-bond acceptors (Lipinski definition) is 3. The summed E-state index contributed by atoms with van der Waals surface area (Å²) < 4.78 is 0. The van der Waals surface area contributed by atoms with Crippen LogP contribution in [0.25, 0.3) is 12.2 Å². The molecule has 0 nitrogen and oxygen atoms in total. The van der Waals surface area contributed by atoms with E-state index in [-0.39, 0.29) is 0 Å². The minimum absolute atomic E-state index is 0.578. The summed E-state index contributed by atoms with van der Waals surface area (Å²) in [6.07, 6.45) is 32.3. The van der Waals surface area contributed by atoms with E-state index < -0.39 is 0 Å². The Morgan fingerprint density at radius 3 is 2.31 bits per heavy atom. The first-order valence-electron chi connectivity index (χ1n) is 15.2. The van der Waals surface area contributed by atoms with E-state index in [1.807, 2.05) is 11.3 Å². The molecule has 3 aliphatic rings. The Kier molecular flexibility index (Phi) is 10.9. The van der Waals surface area contributed by atoms with Gasteiger partial charge < -0.3 is 0 Å². The van der Waals surface area contributed by atoms with Crippen molar-refractivity contribution in [1.82, 2.24) is 0 Å². The van der Waals surface area contributed by atoms with Crippen LogP contribution in [0.1, 0.15) is 111 Å². The summed E-state index contributed by atoms with van der Waals surface area (Å²) in [7, 11) is 0. The minimum atomic E-state index is 0.578. The lowest BCUT2D eigenvalue weighted by Gasteiger charge is -2.12. The fourth-order valence-corrected chi connectivity index (χ4v) is 10.1. The highest BCUT2D eigenvalue weighted by Crippen LogP contribution is 2.60. The number of allylic oxidation sites excluding steroid dienone is 6. The van der Waals surface area contributed by atoms with Crippen LogP contribution in [0.2, 0.25) is 0 Å².